The maximum absolute atomic E-state index is 12.3. The van der Waals surface area contributed by atoms with E-state index in [0.717, 1.165) is 5.56 Å². The van der Waals surface area contributed by atoms with Gasteiger partial charge in [-0.2, -0.15) is 0 Å². The van der Waals surface area contributed by atoms with Crippen molar-refractivity contribution in [3.05, 3.63) is 60.2 Å². The highest BCUT2D eigenvalue weighted by atomic mass is 16.6. The summed E-state index contributed by atoms with van der Waals surface area (Å²) in [6, 6.07) is 15.6. The van der Waals surface area contributed by atoms with E-state index in [1.165, 1.54) is 4.90 Å². The van der Waals surface area contributed by atoms with Crippen LogP contribution in [-0.2, 0) is 20.9 Å². The van der Waals surface area contributed by atoms with Gasteiger partial charge in [0.1, 0.15) is 18.4 Å². The van der Waals surface area contributed by atoms with Gasteiger partial charge in [-0.15, -0.1) is 0 Å². The summed E-state index contributed by atoms with van der Waals surface area (Å²) < 4.78 is 10.3. The van der Waals surface area contributed by atoms with Crippen molar-refractivity contribution in [1.82, 2.24) is 10.2 Å². The van der Waals surface area contributed by atoms with E-state index < -0.39 is 12.1 Å². The Morgan fingerprint density at radius 2 is 1.79 bits per heavy atom. The number of nitrogens with zero attached hydrogens (tertiary/aromatic N) is 1. The molecule has 1 aliphatic rings. The van der Waals surface area contributed by atoms with Crippen molar-refractivity contribution in [2.75, 3.05) is 25.5 Å². The standard InChI is InChI=1S/C21H23N3O5/c1-28-17-9-7-16(8-10-17)23-19(25)13-22-20(26)18-11-12-24(18)21(27)29-14-15-5-3-2-4-6-15/h2-10,18H,11-14H2,1H3,(H,22,26)(H,23,25). The van der Waals surface area contributed by atoms with Crippen molar-refractivity contribution in [2.24, 2.45) is 0 Å². The molecule has 8 nitrogen and oxygen atoms in total. The summed E-state index contributed by atoms with van der Waals surface area (Å²) in [4.78, 5) is 37.9. The second-order valence-electron chi connectivity index (χ2n) is 6.53. The first kappa shape index (κ1) is 20.2. The lowest BCUT2D eigenvalue weighted by Gasteiger charge is -2.38. The van der Waals surface area contributed by atoms with Gasteiger partial charge in [-0.05, 0) is 36.2 Å². The molecular formula is C21H23N3O5. The van der Waals surface area contributed by atoms with Gasteiger partial charge in [0.05, 0.1) is 13.7 Å². The summed E-state index contributed by atoms with van der Waals surface area (Å²) in [5.41, 5.74) is 1.47. The molecule has 1 fully saturated rings. The smallest absolute Gasteiger partial charge is 0.410 e. The number of nitrogens with one attached hydrogen (secondary N) is 2. The molecule has 0 aliphatic carbocycles. The summed E-state index contributed by atoms with van der Waals surface area (Å²) in [7, 11) is 1.56. The number of carbonyl (C=O) groups excluding carboxylic acids is 3. The van der Waals surface area contributed by atoms with Crippen LogP contribution < -0.4 is 15.4 Å². The molecule has 1 aliphatic heterocycles. The number of rotatable bonds is 7. The van der Waals surface area contributed by atoms with Crippen LogP contribution in [0.1, 0.15) is 12.0 Å². The summed E-state index contributed by atoms with van der Waals surface area (Å²) in [5, 5.41) is 5.24. The number of ether oxygens (including phenoxy) is 2. The van der Waals surface area contributed by atoms with E-state index >= 15 is 0 Å². The topological polar surface area (TPSA) is 97.0 Å². The van der Waals surface area contributed by atoms with Crippen molar-refractivity contribution in [2.45, 2.75) is 19.1 Å². The van der Waals surface area contributed by atoms with E-state index in [1.54, 1.807) is 31.4 Å². The third kappa shape index (κ3) is 5.47. The first-order valence-corrected chi connectivity index (χ1v) is 9.26. The van der Waals surface area contributed by atoms with E-state index in [1.807, 2.05) is 30.3 Å². The average Bonchev–Trinajstić information content (AvgIpc) is 2.71. The maximum atomic E-state index is 12.3. The number of hydrogen-bond donors (Lipinski definition) is 2. The van der Waals surface area contributed by atoms with Crippen molar-refractivity contribution >= 4 is 23.6 Å². The van der Waals surface area contributed by atoms with Crippen molar-refractivity contribution < 1.29 is 23.9 Å². The van der Waals surface area contributed by atoms with Gasteiger partial charge in [-0.25, -0.2) is 4.79 Å². The second-order valence-corrected chi connectivity index (χ2v) is 6.53. The molecule has 1 atom stereocenters. The molecule has 152 valence electrons. The molecular weight excluding hydrogens is 374 g/mol. The Kier molecular flexibility index (Phi) is 6.67. The van der Waals surface area contributed by atoms with Crippen LogP contribution in [0.15, 0.2) is 54.6 Å². The molecule has 0 aromatic heterocycles. The second kappa shape index (κ2) is 9.59. The van der Waals surface area contributed by atoms with Crippen molar-refractivity contribution in [1.29, 1.82) is 0 Å². The van der Waals surface area contributed by atoms with Crippen molar-refractivity contribution in [3.63, 3.8) is 0 Å². The molecule has 0 spiro atoms. The molecule has 3 rings (SSSR count). The van der Waals surface area contributed by atoms with Gasteiger partial charge in [0.25, 0.3) is 0 Å². The molecule has 0 saturated carbocycles. The van der Waals surface area contributed by atoms with Crippen LogP contribution in [-0.4, -0.2) is 49.0 Å². The fourth-order valence-corrected chi connectivity index (χ4v) is 2.85. The Morgan fingerprint density at radius 3 is 2.41 bits per heavy atom. The number of anilines is 1. The minimum atomic E-state index is -0.618. The third-order valence-corrected chi connectivity index (χ3v) is 4.56. The van der Waals surface area contributed by atoms with E-state index in [0.29, 0.717) is 24.4 Å². The SMILES string of the molecule is COc1ccc(NC(=O)CNC(=O)C2CCN2C(=O)OCc2ccccc2)cc1. The van der Waals surface area contributed by atoms with E-state index in [2.05, 4.69) is 10.6 Å². The zero-order valence-corrected chi connectivity index (χ0v) is 16.1. The van der Waals surface area contributed by atoms with Crippen LogP contribution in [0.5, 0.6) is 5.75 Å². The number of hydrogen-bond acceptors (Lipinski definition) is 5. The summed E-state index contributed by atoms with van der Waals surface area (Å²) in [6.45, 7) is 0.410. The Bertz CT molecular complexity index is 854. The fraction of sp³-hybridized carbons (Fsp3) is 0.286. The van der Waals surface area contributed by atoms with E-state index in [4.69, 9.17) is 9.47 Å². The van der Waals surface area contributed by atoms with Crippen LogP contribution in [0.4, 0.5) is 10.5 Å². The quantitative estimate of drug-likeness (QED) is 0.746. The average molecular weight is 397 g/mol. The molecule has 1 unspecified atom stereocenters. The Hall–Kier alpha value is -3.55. The van der Waals surface area contributed by atoms with Gasteiger partial charge in [-0.1, -0.05) is 30.3 Å². The monoisotopic (exact) mass is 397 g/mol. The van der Waals surface area contributed by atoms with Gasteiger partial charge < -0.3 is 20.1 Å². The molecule has 2 aromatic rings. The minimum Gasteiger partial charge on any atom is -0.497 e. The van der Waals surface area contributed by atoms with E-state index in [9.17, 15) is 14.4 Å². The third-order valence-electron chi connectivity index (χ3n) is 4.56. The molecule has 1 heterocycles. The molecule has 0 bridgehead atoms. The zero-order valence-electron chi connectivity index (χ0n) is 16.1. The summed E-state index contributed by atoms with van der Waals surface area (Å²) in [6.07, 6.45) is -0.00485. The van der Waals surface area contributed by atoms with Gasteiger partial charge in [0.15, 0.2) is 0 Å². The number of amides is 3. The van der Waals surface area contributed by atoms with Gasteiger partial charge in [-0.3, -0.25) is 14.5 Å². The first-order chi connectivity index (χ1) is 14.1. The number of methoxy groups -OCH3 is 1. The summed E-state index contributed by atoms with van der Waals surface area (Å²) in [5.74, 6) is -0.0561. The lowest BCUT2D eigenvalue weighted by atomic mass is 10.0. The highest BCUT2D eigenvalue weighted by Crippen LogP contribution is 2.19. The number of carbonyl (C=O) groups is 3. The number of benzene rings is 2. The van der Waals surface area contributed by atoms with Gasteiger partial charge in [0, 0.05) is 12.2 Å². The molecule has 1 saturated heterocycles. The van der Waals surface area contributed by atoms with Gasteiger partial charge in [0.2, 0.25) is 11.8 Å². The summed E-state index contributed by atoms with van der Waals surface area (Å²) >= 11 is 0. The highest BCUT2D eigenvalue weighted by molar-refractivity contribution is 5.96. The predicted molar refractivity (Wildman–Crippen MR) is 106 cm³/mol. The lowest BCUT2D eigenvalue weighted by molar-refractivity contribution is -0.131. The molecule has 2 aromatic carbocycles. The van der Waals surface area contributed by atoms with Crippen LogP contribution in [0.3, 0.4) is 0 Å². The fourth-order valence-electron chi connectivity index (χ4n) is 2.85. The van der Waals surface area contributed by atoms with Crippen molar-refractivity contribution in [3.8, 4) is 5.75 Å². The molecule has 2 N–H and O–H groups in total. The zero-order chi connectivity index (χ0) is 20.6. The lowest BCUT2D eigenvalue weighted by Crippen LogP contribution is -2.58. The Labute approximate surface area is 168 Å². The van der Waals surface area contributed by atoms with Gasteiger partial charge >= 0.3 is 6.09 Å². The normalized spacial score (nSPS) is 15.1. The molecule has 8 heteroatoms. The van der Waals surface area contributed by atoms with Crippen LogP contribution in [0.25, 0.3) is 0 Å². The predicted octanol–water partition coefficient (Wildman–Crippen LogP) is 2.16. The van der Waals surface area contributed by atoms with E-state index in [-0.39, 0.29) is 25.0 Å². The highest BCUT2D eigenvalue weighted by Gasteiger charge is 2.38. The van der Waals surface area contributed by atoms with Crippen LogP contribution >= 0.6 is 0 Å². The maximum Gasteiger partial charge on any atom is 0.410 e. The van der Waals surface area contributed by atoms with Crippen LogP contribution in [0.2, 0.25) is 0 Å². The Balaban J connectivity index is 1.41. The molecule has 3 amide bonds. The molecule has 29 heavy (non-hydrogen) atoms. The minimum absolute atomic E-state index is 0.148. The van der Waals surface area contributed by atoms with Crippen LogP contribution in [0, 0.1) is 0 Å². The molecule has 0 radical (unpaired) electrons. The largest absolute Gasteiger partial charge is 0.497 e. The Morgan fingerprint density at radius 1 is 1.07 bits per heavy atom. The first-order valence-electron chi connectivity index (χ1n) is 9.26. The number of likely N-dealkylation sites (tertiary alicyclic amines) is 1.